The van der Waals surface area contributed by atoms with Crippen LogP contribution in [0.4, 0.5) is 0 Å². The molecule has 0 amide bonds. The third-order valence-electron chi connectivity index (χ3n) is 4.79. The van der Waals surface area contributed by atoms with Gasteiger partial charge in [-0.3, -0.25) is 0 Å². The molecule has 1 aromatic carbocycles. The van der Waals surface area contributed by atoms with Crippen LogP contribution in [0.2, 0.25) is 0 Å². The van der Waals surface area contributed by atoms with Crippen LogP contribution in [0.25, 0.3) is 10.6 Å². The van der Waals surface area contributed by atoms with Crippen molar-refractivity contribution in [2.75, 3.05) is 19.6 Å². The molecule has 3 aliphatic heterocycles. The molecule has 3 saturated heterocycles. The van der Waals surface area contributed by atoms with Gasteiger partial charge in [-0.2, -0.15) is 0 Å². The van der Waals surface area contributed by atoms with E-state index in [0.717, 1.165) is 48.6 Å². The first-order valence-electron chi connectivity index (χ1n) is 7.21. The number of piperidine rings is 3. The van der Waals surface area contributed by atoms with Crippen molar-refractivity contribution in [2.24, 2.45) is 5.92 Å². The largest absolute Gasteiger partial charge is 0.384 e. The Morgan fingerprint density at radius 1 is 1.20 bits per heavy atom. The molecule has 20 heavy (non-hydrogen) atoms. The standard InChI is InChI=1S/C16H18N2OS/c19-16(11-18-8-5-14(16)6-9-18)13-3-1-12(2-4-13)15-17-7-10-20-15/h1-4,7,10,14,19H,5-6,8-9,11H2. The zero-order valence-electron chi connectivity index (χ0n) is 11.3. The lowest BCUT2D eigenvalue weighted by molar-refractivity contribution is -0.117. The molecule has 0 spiro atoms. The summed E-state index contributed by atoms with van der Waals surface area (Å²) < 4.78 is 0. The van der Waals surface area contributed by atoms with Gasteiger partial charge in [0, 0.05) is 23.7 Å². The van der Waals surface area contributed by atoms with Gasteiger partial charge in [0.05, 0.1) is 0 Å². The second-order valence-electron chi connectivity index (χ2n) is 5.89. The molecule has 0 aliphatic carbocycles. The number of benzene rings is 1. The van der Waals surface area contributed by atoms with E-state index in [2.05, 4.69) is 34.1 Å². The molecular weight excluding hydrogens is 268 g/mol. The van der Waals surface area contributed by atoms with Crippen LogP contribution in [-0.4, -0.2) is 34.6 Å². The molecule has 5 rings (SSSR count). The third kappa shape index (κ3) is 1.91. The highest BCUT2D eigenvalue weighted by atomic mass is 32.1. The van der Waals surface area contributed by atoms with E-state index < -0.39 is 5.60 Å². The number of nitrogens with zero attached hydrogens (tertiary/aromatic N) is 2. The summed E-state index contributed by atoms with van der Waals surface area (Å²) in [6.45, 7) is 3.07. The fraction of sp³-hybridized carbons (Fsp3) is 0.438. The summed E-state index contributed by atoms with van der Waals surface area (Å²) in [5.74, 6) is 0.415. The Kier molecular flexibility index (Phi) is 2.91. The lowest BCUT2D eigenvalue weighted by atomic mass is 9.71. The van der Waals surface area contributed by atoms with E-state index in [1.807, 2.05) is 11.6 Å². The van der Waals surface area contributed by atoms with Crippen LogP contribution in [0.15, 0.2) is 35.8 Å². The summed E-state index contributed by atoms with van der Waals surface area (Å²) in [6.07, 6.45) is 4.06. The number of thiazole rings is 1. The monoisotopic (exact) mass is 286 g/mol. The van der Waals surface area contributed by atoms with Gasteiger partial charge >= 0.3 is 0 Å². The topological polar surface area (TPSA) is 36.4 Å². The van der Waals surface area contributed by atoms with Gasteiger partial charge in [-0.1, -0.05) is 24.3 Å². The minimum Gasteiger partial charge on any atom is -0.384 e. The lowest BCUT2D eigenvalue weighted by Crippen LogP contribution is -2.57. The van der Waals surface area contributed by atoms with Crippen molar-refractivity contribution in [1.82, 2.24) is 9.88 Å². The maximum atomic E-state index is 11.1. The first-order chi connectivity index (χ1) is 9.75. The van der Waals surface area contributed by atoms with E-state index in [0.29, 0.717) is 5.92 Å². The van der Waals surface area contributed by atoms with Gasteiger partial charge < -0.3 is 10.0 Å². The van der Waals surface area contributed by atoms with E-state index in [1.54, 1.807) is 11.3 Å². The Hall–Kier alpha value is -1.23. The Balaban J connectivity index is 1.66. The third-order valence-corrected chi connectivity index (χ3v) is 5.61. The highest BCUT2D eigenvalue weighted by Gasteiger charge is 2.46. The normalized spacial score (nSPS) is 32.5. The SMILES string of the molecule is OC1(c2ccc(-c3nccs3)cc2)CN2CCC1CC2. The molecule has 4 heterocycles. The summed E-state index contributed by atoms with van der Waals surface area (Å²) in [4.78, 5) is 6.72. The van der Waals surface area contributed by atoms with Gasteiger partial charge in [0.25, 0.3) is 0 Å². The van der Waals surface area contributed by atoms with Crippen LogP contribution in [0.1, 0.15) is 18.4 Å². The van der Waals surface area contributed by atoms with E-state index in [9.17, 15) is 5.11 Å². The highest BCUT2D eigenvalue weighted by molar-refractivity contribution is 7.13. The van der Waals surface area contributed by atoms with Crippen molar-refractivity contribution in [3.8, 4) is 10.6 Å². The summed E-state index contributed by atoms with van der Waals surface area (Å²) in [6, 6.07) is 8.34. The number of hydrogen-bond donors (Lipinski definition) is 1. The molecule has 1 unspecified atom stereocenters. The van der Waals surface area contributed by atoms with E-state index in [1.165, 1.54) is 0 Å². The maximum Gasteiger partial charge on any atom is 0.123 e. The van der Waals surface area contributed by atoms with Crippen molar-refractivity contribution in [2.45, 2.75) is 18.4 Å². The molecule has 2 aromatic rings. The maximum absolute atomic E-state index is 11.1. The van der Waals surface area contributed by atoms with E-state index >= 15 is 0 Å². The Morgan fingerprint density at radius 3 is 2.50 bits per heavy atom. The predicted octanol–water partition coefficient (Wildman–Crippen LogP) is 2.72. The second-order valence-corrected chi connectivity index (χ2v) is 6.78. The van der Waals surface area contributed by atoms with Crippen LogP contribution in [0.5, 0.6) is 0 Å². The van der Waals surface area contributed by atoms with E-state index in [-0.39, 0.29) is 0 Å². The van der Waals surface area contributed by atoms with Crippen LogP contribution >= 0.6 is 11.3 Å². The van der Waals surface area contributed by atoms with Crippen molar-refractivity contribution < 1.29 is 5.11 Å². The molecule has 0 saturated carbocycles. The molecule has 3 aliphatic rings. The minimum absolute atomic E-state index is 0.415. The molecule has 1 N–H and O–H groups in total. The average Bonchev–Trinajstić information content (AvgIpc) is 3.03. The van der Waals surface area contributed by atoms with Crippen LogP contribution in [-0.2, 0) is 5.60 Å². The highest BCUT2D eigenvalue weighted by Crippen LogP contribution is 2.42. The van der Waals surface area contributed by atoms with Crippen molar-refractivity contribution in [3.05, 3.63) is 41.4 Å². The molecular formula is C16H18N2OS. The Labute approximate surface area is 122 Å². The lowest BCUT2D eigenvalue weighted by Gasteiger charge is -2.50. The van der Waals surface area contributed by atoms with Crippen LogP contribution in [0.3, 0.4) is 0 Å². The molecule has 0 radical (unpaired) electrons. The van der Waals surface area contributed by atoms with Gasteiger partial charge in [0.2, 0.25) is 0 Å². The van der Waals surface area contributed by atoms with Crippen LogP contribution < -0.4 is 0 Å². The molecule has 2 bridgehead atoms. The molecule has 104 valence electrons. The van der Waals surface area contributed by atoms with Gasteiger partial charge in [0.1, 0.15) is 10.6 Å². The first kappa shape index (κ1) is 12.5. The second kappa shape index (κ2) is 4.65. The van der Waals surface area contributed by atoms with Gasteiger partial charge in [-0.05, 0) is 37.4 Å². The summed E-state index contributed by atoms with van der Waals surface area (Å²) >= 11 is 1.65. The Morgan fingerprint density at radius 2 is 1.95 bits per heavy atom. The molecule has 1 aromatic heterocycles. The molecule has 1 atom stereocenters. The fourth-order valence-corrected chi connectivity index (χ4v) is 4.28. The zero-order valence-corrected chi connectivity index (χ0v) is 12.1. The first-order valence-corrected chi connectivity index (χ1v) is 8.09. The predicted molar refractivity (Wildman–Crippen MR) is 80.6 cm³/mol. The summed E-state index contributed by atoms with van der Waals surface area (Å²) in [5.41, 5.74) is 1.54. The number of hydrogen-bond acceptors (Lipinski definition) is 4. The van der Waals surface area contributed by atoms with Crippen LogP contribution in [0, 0.1) is 5.92 Å². The van der Waals surface area contributed by atoms with Crippen molar-refractivity contribution in [1.29, 1.82) is 0 Å². The smallest absolute Gasteiger partial charge is 0.123 e. The van der Waals surface area contributed by atoms with Gasteiger partial charge in [-0.25, -0.2) is 4.98 Å². The van der Waals surface area contributed by atoms with Gasteiger partial charge in [0.15, 0.2) is 0 Å². The summed E-state index contributed by atoms with van der Waals surface area (Å²) in [5, 5.41) is 14.1. The molecule has 3 nitrogen and oxygen atoms in total. The number of fused-ring (bicyclic) bond motifs is 3. The number of rotatable bonds is 2. The number of aromatic nitrogens is 1. The van der Waals surface area contributed by atoms with Gasteiger partial charge in [-0.15, -0.1) is 11.3 Å². The zero-order chi connectivity index (χ0) is 13.6. The van der Waals surface area contributed by atoms with Crippen molar-refractivity contribution >= 4 is 11.3 Å². The average molecular weight is 286 g/mol. The molecule has 4 heteroatoms. The Bertz CT molecular complexity index is 587. The van der Waals surface area contributed by atoms with Crippen molar-refractivity contribution in [3.63, 3.8) is 0 Å². The minimum atomic E-state index is -0.655. The fourth-order valence-electron chi connectivity index (χ4n) is 3.63. The van der Waals surface area contributed by atoms with E-state index in [4.69, 9.17) is 0 Å². The summed E-state index contributed by atoms with van der Waals surface area (Å²) in [7, 11) is 0. The number of aliphatic hydroxyl groups is 1. The molecule has 3 fully saturated rings. The quantitative estimate of drug-likeness (QED) is 0.922.